The number of hydrogen-bond acceptors (Lipinski definition) is 5. The highest BCUT2D eigenvalue weighted by Crippen LogP contribution is 2.22. The third kappa shape index (κ3) is 6.69. The van der Waals surface area contributed by atoms with Crippen molar-refractivity contribution in [1.82, 2.24) is 0 Å². The van der Waals surface area contributed by atoms with Crippen LogP contribution in [0.5, 0.6) is 5.75 Å². The number of esters is 1. The Bertz CT molecular complexity index is 996. The molecule has 31 heavy (non-hydrogen) atoms. The largest absolute Gasteiger partial charge is 0.484 e. The second-order valence-corrected chi connectivity index (χ2v) is 6.93. The molecule has 6 heteroatoms. The molecule has 1 N–H and O–H groups in total. The summed E-state index contributed by atoms with van der Waals surface area (Å²) in [4.78, 5) is 24.0. The second kappa shape index (κ2) is 10.9. The highest BCUT2D eigenvalue weighted by molar-refractivity contribution is 5.93. The van der Waals surface area contributed by atoms with E-state index in [-0.39, 0.29) is 19.1 Å². The van der Waals surface area contributed by atoms with Gasteiger partial charge in [-0.1, -0.05) is 42.0 Å². The molecule has 0 aromatic heterocycles. The third-order valence-corrected chi connectivity index (χ3v) is 4.53. The zero-order chi connectivity index (χ0) is 22.1. The molecule has 0 aliphatic heterocycles. The smallest absolute Gasteiger partial charge is 0.338 e. The fourth-order valence-electron chi connectivity index (χ4n) is 2.83. The van der Waals surface area contributed by atoms with E-state index in [1.807, 2.05) is 24.3 Å². The number of hydrogen-bond donors (Lipinski definition) is 1. The van der Waals surface area contributed by atoms with Crippen LogP contribution in [0.25, 0.3) is 11.1 Å². The molecule has 0 unspecified atom stereocenters. The Labute approximate surface area is 181 Å². The molecule has 0 aliphatic rings. The lowest BCUT2D eigenvalue weighted by Crippen LogP contribution is -2.20. The molecule has 0 atom stereocenters. The monoisotopic (exact) mass is 419 g/mol. The van der Waals surface area contributed by atoms with Crippen molar-refractivity contribution in [2.75, 3.05) is 32.2 Å². The lowest BCUT2D eigenvalue weighted by atomic mass is 10.0. The summed E-state index contributed by atoms with van der Waals surface area (Å²) < 4.78 is 15.5. The number of ether oxygens (including phenoxy) is 3. The molecular weight excluding hydrogens is 394 g/mol. The first kappa shape index (κ1) is 22.1. The molecule has 3 aromatic carbocycles. The zero-order valence-electron chi connectivity index (χ0n) is 17.6. The van der Waals surface area contributed by atoms with Crippen LogP contribution in [-0.2, 0) is 14.3 Å². The minimum absolute atomic E-state index is 0.120. The summed E-state index contributed by atoms with van der Waals surface area (Å²) in [7, 11) is 1.54. The van der Waals surface area contributed by atoms with E-state index in [0.29, 0.717) is 23.6 Å². The molecule has 0 radical (unpaired) electrons. The number of amides is 1. The number of benzene rings is 3. The lowest BCUT2D eigenvalue weighted by molar-refractivity contribution is -0.118. The molecule has 160 valence electrons. The van der Waals surface area contributed by atoms with E-state index < -0.39 is 5.97 Å². The number of nitrogens with one attached hydrogen (secondary N) is 1. The number of rotatable bonds is 9. The Morgan fingerprint density at radius 2 is 1.42 bits per heavy atom. The number of carbonyl (C=O) groups excluding carboxylic acids is 2. The van der Waals surface area contributed by atoms with Gasteiger partial charge in [0.1, 0.15) is 12.4 Å². The van der Waals surface area contributed by atoms with Gasteiger partial charge in [-0.3, -0.25) is 4.79 Å². The predicted octanol–water partition coefficient (Wildman–Crippen LogP) is 4.48. The van der Waals surface area contributed by atoms with E-state index in [4.69, 9.17) is 14.2 Å². The first-order valence-corrected chi connectivity index (χ1v) is 9.91. The van der Waals surface area contributed by atoms with Gasteiger partial charge < -0.3 is 19.5 Å². The van der Waals surface area contributed by atoms with Crippen LogP contribution >= 0.6 is 0 Å². The first-order valence-electron chi connectivity index (χ1n) is 9.91. The molecule has 0 saturated heterocycles. The van der Waals surface area contributed by atoms with Crippen molar-refractivity contribution in [2.24, 2.45) is 0 Å². The van der Waals surface area contributed by atoms with Crippen LogP contribution in [0.2, 0.25) is 0 Å². The van der Waals surface area contributed by atoms with Gasteiger partial charge in [0.05, 0.1) is 12.2 Å². The molecule has 6 nitrogen and oxygen atoms in total. The van der Waals surface area contributed by atoms with Gasteiger partial charge in [0.15, 0.2) is 6.61 Å². The van der Waals surface area contributed by atoms with Gasteiger partial charge in [-0.15, -0.1) is 0 Å². The molecule has 3 rings (SSSR count). The van der Waals surface area contributed by atoms with Crippen LogP contribution < -0.4 is 10.1 Å². The average Bonchev–Trinajstić information content (AvgIpc) is 2.79. The lowest BCUT2D eigenvalue weighted by Gasteiger charge is -2.09. The van der Waals surface area contributed by atoms with E-state index in [1.165, 1.54) is 12.7 Å². The number of methoxy groups -OCH3 is 1. The van der Waals surface area contributed by atoms with Gasteiger partial charge in [0.25, 0.3) is 5.91 Å². The minimum Gasteiger partial charge on any atom is -0.484 e. The maximum atomic E-state index is 12.2. The van der Waals surface area contributed by atoms with Crippen LogP contribution in [0, 0.1) is 6.92 Å². The normalized spacial score (nSPS) is 10.4. The predicted molar refractivity (Wildman–Crippen MR) is 119 cm³/mol. The number of aryl methyl sites for hydroxylation is 1. The molecule has 0 fully saturated rings. The third-order valence-electron chi connectivity index (χ3n) is 4.53. The second-order valence-electron chi connectivity index (χ2n) is 6.93. The highest BCUT2D eigenvalue weighted by atomic mass is 16.6. The first-order chi connectivity index (χ1) is 15.0. The summed E-state index contributed by atoms with van der Waals surface area (Å²) in [6.45, 7) is 2.47. The number of carbonyl (C=O) groups is 2. The highest BCUT2D eigenvalue weighted by Gasteiger charge is 2.08. The van der Waals surface area contributed by atoms with Gasteiger partial charge in [-0.25, -0.2) is 4.79 Å². The van der Waals surface area contributed by atoms with Crippen LogP contribution in [0.3, 0.4) is 0 Å². The van der Waals surface area contributed by atoms with Crippen LogP contribution in [0.4, 0.5) is 5.69 Å². The van der Waals surface area contributed by atoms with E-state index in [0.717, 1.165) is 11.1 Å². The van der Waals surface area contributed by atoms with Crippen molar-refractivity contribution >= 4 is 17.6 Å². The van der Waals surface area contributed by atoms with Crippen molar-refractivity contribution in [3.63, 3.8) is 0 Å². The molecule has 0 saturated carbocycles. The Hall–Kier alpha value is -3.64. The fraction of sp³-hybridized carbons (Fsp3) is 0.200. The summed E-state index contributed by atoms with van der Waals surface area (Å²) in [5.74, 6) is -0.120. The maximum Gasteiger partial charge on any atom is 0.338 e. The molecule has 1 amide bonds. The minimum atomic E-state index is -0.438. The average molecular weight is 419 g/mol. The van der Waals surface area contributed by atoms with Crippen LogP contribution in [-0.4, -0.2) is 38.8 Å². The Balaban J connectivity index is 1.47. The van der Waals surface area contributed by atoms with Gasteiger partial charge >= 0.3 is 5.97 Å². The van der Waals surface area contributed by atoms with Crippen LogP contribution in [0.15, 0.2) is 72.8 Å². The maximum absolute atomic E-state index is 12.2. The van der Waals surface area contributed by atoms with Crippen molar-refractivity contribution in [3.05, 3.63) is 83.9 Å². The van der Waals surface area contributed by atoms with E-state index in [1.54, 1.807) is 24.3 Å². The van der Waals surface area contributed by atoms with E-state index in [2.05, 4.69) is 36.5 Å². The van der Waals surface area contributed by atoms with Gasteiger partial charge in [-0.2, -0.15) is 0 Å². The topological polar surface area (TPSA) is 73.9 Å². The Morgan fingerprint density at radius 1 is 0.806 bits per heavy atom. The Morgan fingerprint density at radius 3 is 2.03 bits per heavy atom. The quantitative estimate of drug-likeness (QED) is 0.409. The fourth-order valence-corrected chi connectivity index (χ4v) is 2.83. The summed E-state index contributed by atoms with van der Waals surface area (Å²) in [5, 5.41) is 2.74. The summed E-state index contributed by atoms with van der Waals surface area (Å²) >= 11 is 0. The van der Waals surface area contributed by atoms with Gasteiger partial charge in [0.2, 0.25) is 0 Å². The summed E-state index contributed by atoms with van der Waals surface area (Å²) in [6.07, 6.45) is 0. The molecule has 3 aromatic rings. The SMILES string of the molecule is COCCOC(=O)c1ccc(NC(=O)COc2ccc(-c3ccc(C)cc3)cc2)cc1. The van der Waals surface area contributed by atoms with Crippen molar-refractivity contribution < 1.29 is 23.8 Å². The van der Waals surface area contributed by atoms with E-state index in [9.17, 15) is 9.59 Å². The molecule has 0 spiro atoms. The van der Waals surface area contributed by atoms with Crippen LogP contribution in [0.1, 0.15) is 15.9 Å². The van der Waals surface area contributed by atoms with Gasteiger partial charge in [0, 0.05) is 12.8 Å². The van der Waals surface area contributed by atoms with Gasteiger partial charge in [-0.05, 0) is 54.4 Å². The number of anilines is 1. The van der Waals surface area contributed by atoms with Crippen molar-refractivity contribution in [2.45, 2.75) is 6.92 Å². The van der Waals surface area contributed by atoms with Crippen molar-refractivity contribution in [3.8, 4) is 16.9 Å². The zero-order valence-corrected chi connectivity index (χ0v) is 17.6. The molecule has 0 heterocycles. The molecule has 0 bridgehead atoms. The summed E-state index contributed by atoms with van der Waals surface area (Å²) in [5.41, 5.74) is 4.39. The standard InChI is InChI=1S/C25H25NO5/c1-18-3-5-19(6-4-18)20-9-13-23(14-10-20)31-17-24(27)26-22-11-7-21(8-12-22)25(28)30-16-15-29-2/h3-14H,15-17H2,1-2H3,(H,26,27). The molecular formula is C25H25NO5. The summed E-state index contributed by atoms with van der Waals surface area (Å²) in [6, 6.07) is 22.4. The van der Waals surface area contributed by atoms with E-state index >= 15 is 0 Å². The molecule has 0 aliphatic carbocycles. The van der Waals surface area contributed by atoms with Crippen molar-refractivity contribution in [1.29, 1.82) is 0 Å². The Kier molecular flexibility index (Phi) is 7.79.